The molecule has 94 valence electrons. The van der Waals surface area contributed by atoms with Crippen LogP contribution in [0.5, 0.6) is 0 Å². The van der Waals surface area contributed by atoms with Crippen molar-refractivity contribution in [2.75, 3.05) is 36.8 Å². The van der Waals surface area contributed by atoms with Gasteiger partial charge in [-0.3, -0.25) is 4.90 Å². The molecule has 0 radical (unpaired) electrons. The monoisotopic (exact) mass is 235 g/mol. The van der Waals surface area contributed by atoms with E-state index in [-0.39, 0.29) is 0 Å². The fourth-order valence-corrected chi connectivity index (χ4v) is 2.18. The summed E-state index contributed by atoms with van der Waals surface area (Å²) in [4.78, 5) is 13.0. The van der Waals surface area contributed by atoms with Gasteiger partial charge in [-0.05, 0) is 13.3 Å². The fraction of sp³-hybridized carbons (Fsp3) is 0.667. The zero-order valence-corrected chi connectivity index (χ0v) is 10.6. The molecular weight excluding hydrogens is 214 g/mol. The lowest BCUT2D eigenvalue weighted by Gasteiger charge is -2.38. The molecule has 1 aromatic rings. The number of hydrogen-bond acceptors (Lipinski definition) is 5. The summed E-state index contributed by atoms with van der Waals surface area (Å²) in [7, 11) is 0. The Bertz CT molecular complexity index is 360. The first-order chi connectivity index (χ1) is 8.20. The summed E-state index contributed by atoms with van der Waals surface area (Å²) in [5.41, 5.74) is 5.67. The Kier molecular flexibility index (Phi) is 3.78. The largest absolute Gasteiger partial charge is 0.384 e. The van der Waals surface area contributed by atoms with Crippen molar-refractivity contribution in [1.29, 1.82) is 0 Å². The molecule has 1 fully saturated rings. The second-order valence-electron chi connectivity index (χ2n) is 4.58. The predicted molar refractivity (Wildman–Crippen MR) is 70.0 cm³/mol. The third-order valence-corrected chi connectivity index (χ3v) is 3.53. The predicted octanol–water partition coefficient (Wildman–Crippen LogP) is 0.979. The highest BCUT2D eigenvalue weighted by Crippen LogP contribution is 2.16. The van der Waals surface area contributed by atoms with Crippen LogP contribution in [0, 0.1) is 0 Å². The fourth-order valence-electron chi connectivity index (χ4n) is 2.18. The Hall–Kier alpha value is -1.36. The van der Waals surface area contributed by atoms with Gasteiger partial charge in [-0.15, -0.1) is 0 Å². The second-order valence-corrected chi connectivity index (χ2v) is 4.58. The van der Waals surface area contributed by atoms with Crippen LogP contribution in [0.3, 0.4) is 0 Å². The number of piperazine rings is 1. The molecule has 2 rings (SSSR count). The second kappa shape index (κ2) is 5.31. The normalized spacial score (nSPS) is 19.3. The quantitative estimate of drug-likeness (QED) is 0.846. The van der Waals surface area contributed by atoms with Gasteiger partial charge < -0.3 is 10.6 Å². The average Bonchev–Trinajstić information content (AvgIpc) is 2.38. The molecule has 1 atom stereocenters. The lowest BCUT2D eigenvalue weighted by Crippen LogP contribution is -2.49. The van der Waals surface area contributed by atoms with Crippen LogP contribution in [0.4, 0.5) is 11.6 Å². The highest BCUT2D eigenvalue weighted by Gasteiger charge is 2.20. The molecule has 0 aliphatic carbocycles. The van der Waals surface area contributed by atoms with Crippen LogP contribution in [0.25, 0.3) is 0 Å². The van der Waals surface area contributed by atoms with Crippen LogP contribution in [0.2, 0.25) is 0 Å². The molecule has 0 spiro atoms. The van der Waals surface area contributed by atoms with Gasteiger partial charge in [0.2, 0.25) is 0 Å². The van der Waals surface area contributed by atoms with Crippen molar-refractivity contribution in [1.82, 2.24) is 14.9 Å². The minimum absolute atomic E-state index is 0.541. The molecule has 17 heavy (non-hydrogen) atoms. The molecule has 0 amide bonds. The number of nitrogens with zero attached hydrogens (tertiary/aromatic N) is 4. The van der Waals surface area contributed by atoms with E-state index in [4.69, 9.17) is 5.73 Å². The number of aromatic nitrogens is 2. The Labute approximate surface area is 103 Å². The van der Waals surface area contributed by atoms with Crippen molar-refractivity contribution in [3.8, 4) is 0 Å². The number of anilines is 2. The van der Waals surface area contributed by atoms with E-state index in [2.05, 4.69) is 33.6 Å². The summed E-state index contributed by atoms with van der Waals surface area (Å²) in [5.74, 6) is 1.49. The smallest absolute Gasteiger partial charge is 0.134 e. The molecule has 1 unspecified atom stereocenters. The standard InChI is InChI=1S/C12H21N5/c1-3-10(2)16-4-6-17(7-5-16)12-8-11(13)14-9-15-12/h8-10H,3-7H2,1-2H3,(H2,13,14,15). The topological polar surface area (TPSA) is 58.3 Å². The first kappa shape index (κ1) is 12.1. The average molecular weight is 235 g/mol. The molecule has 0 bridgehead atoms. The molecule has 1 aliphatic rings. The van der Waals surface area contributed by atoms with E-state index in [9.17, 15) is 0 Å². The Morgan fingerprint density at radius 3 is 2.59 bits per heavy atom. The lowest BCUT2D eigenvalue weighted by atomic mass is 10.2. The maximum atomic E-state index is 5.67. The lowest BCUT2D eigenvalue weighted by molar-refractivity contribution is 0.192. The van der Waals surface area contributed by atoms with Gasteiger partial charge in [0.15, 0.2) is 0 Å². The van der Waals surface area contributed by atoms with Crippen molar-refractivity contribution in [3.05, 3.63) is 12.4 Å². The minimum atomic E-state index is 0.541. The molecule has 2 heterocycles. The number of rotatable bonds is 3. The van der Waals surface area contributed by atoms with Crippen LogP contribution >= 0.6 is 0 Å². The zero-order chi connectivity index (χ0) is 12.3. The number of nitrogen functional groups attached to an aromatic ring is 1. The van der Waals surface area contributed by atoms with E-state index in [1.165, 1.54) is 12.7 Å². The number of nitrogens with two attached hydrogens (primary N) is 1. The van der Waals surface area contributed by atoms with Crippen molar-refractivity contribution in [2.45, 2.75) is 26.3 Å². The van der Waals surface area contributed by atoms with Gasteiger partial charge in [-0.1, -0.05) is 6.92 Å². The number of hydrogen-bond donors (Lipinski definition) is 1. The third-order valence-electron chi connectivity index (χ3n) is 3.53. The Morgan fingerprint density at radius 1 is 1.29 bits per heavy atom. The zero-order valence-electron chi connectivity index (χ0n) is 10.6. The van der Waals surface area contributed by atoms with Crippen molar-refractivity contribution < 1.29 is 0 Å². The van der Waals surface area contributed by atoms with Crippen molar-refractivity contribution >= 4 is 11.6 Å². The molecule has 0 aromatic carbocycles. The van der Waals surface area contributed by atoms with Crippen LogP contribution in [-0.4, -0.2) is 47.1 Å². The molecule has 2 N–H and O–H groups in total. The van der Waals surface area contributed by atoms with Gasteiger partial charge in [-0.25, -0.2) is 9.97 Å². The van der Waals surface area contributed by atoms with Gasteiger partial charge in [-0.2, -0.15) is 0 Å². The van der Waals surface area contributed by atoms with Crippen LogP contribution < -0.4 is 10.6 Å². The summed E-state index contributed by atoms with van der Waals surface area (Å²) in [5, 5.41) is 0. The van der Waals surface area contributed by atoms with E-state index < -0.39 is 0 Å². The van der Waals surface area contributed by atoms with Crippen molar-refractivity contribution in [3.63, 3.8) is 0 Å². The van der Waals surface area contributed by atoms with Gasteiger partial charge in [0, 0.05) is 38.3 Å². The van der Waals surface area contributed by atoms with Crippen LogP contribution in [0.1, 0.15) is 20.3 Å². The summed E-state index contributed by atoms with van der Waals surface area (Å²) in [6.07, 6.45) is 2.74. The van der Waals surface area contributed by atoms with E-state index in [1.807, 2.05) is 6.07 Å². The first-order valence-corrected chi connectivity index (χ1v) is 6.27. The Morgan fingerprint density at radius 2 is 2.00 bits per heavy atom. The van der Waals surface area contributed by atoms with Gasteiger partial charge in [0.1, 0.15) is 18.0 Å². The molecule has 0 saturated carbocycles. The highest BCUT2D eigenvalue weighted by atomic mass is 15.3. The minimum Gasteiger partial charge on any atom is -0.384 e. The summed E-state index contributed by atoms with van der Waals surface area (Å²) < 4.78 is 0. The summed E-state index contributed by atoms with van der Waals surface area (Å²) >= 11 is 0. The molecule has 1 aromatic heterocycles. The third kappa shape index (κ3) is 2.85. The van der Waals surface area contributed by atoms with Crippen LogP contribution in [-0.2, 0) is 0 Å². The SMILES string of the molecule is CCC(C)N1CCN(c2cc(N)ncn2)CC1. The molecule has 1 aliphatic heterocycles. The summed E-state index contributed by atoms with van der Waals surface area (Å²) in [6, 6.07) is 2.52. The maximum Gasteiger partial charge on any atom is 0.134 e. The Balaban J connectivity index is 1.95. The first-order valence-electron chi connectivity index (χ1n) is 6.27. The van der Waals surface area contributed by atoms with Crippen LogP contribution in [0.15, 0.2) is 12.4 Å². The van der Waals surface area contributed by atoms with Gasteiger partial charge in [0.05, 0.1) is 0 Å². The van der Waals surface area contributed by atoms with Gasteiger partial charge in [0.25, 0.3) is 0 Å². The van der Waals surface area contributed by atoms with Crippen molar-refractivity contribution in [2.24, 2.45) is 0 Å². The van der Waals surface area contributed by atoms with E-state index >= 15 is 0 Å². The molecular formula is C12H21N5. The van der Waals surface area contributed by atoms with E-state index in [0.29, 0.717) is 11.9 Å². The van der Waals surface area contributed by atoms with Gasteiger partial charge >= 0.3 is 0 Å². The highest BCUT2D eigenvalue weighted by molar-refractivity contribution is 5.46. The molecule has 5 heteroatoms. The summed E-state index contributed by atoms with van der Waals surface area (Å²) in [6.45, 7) is 8.75. The van der Waals surface area contributed by atoms with E-state index in [1.54, 1.807) is 0 Å². The maximum absolute atomic E-state index is 5.67. The molecule has 1 saturated heterocycles. The van der Waals surface area contributed by atoms with E-state index in [0.717, 1.165) is 32.0 Å². The molecule has 5 nitrogen and oxygen atoms in total.